The maximum Gasteiger partial charge on any atom is 0.306 e. The first-order valence-corrected chi connectivity index (χ1v) is 10.6. The standard InChI is InChI=1S/C21H43NO2/c1-4-6-7-8-10-13-17-20(16-5-2)24-21(23)18-14-11-9-12-15-19-22-3/h20,22H,4-19H2,1-3H3. The van der Waals surface area contributed by atoms with Crippen LogP contribution in [0.15, 0.2) is 0 Å². The van der Waals surface area contributed by atoms with E-state index < -0.39 is 0 Å². The van der Waals surface area contributed by atoms with Gasteiger partial charge in [-0.25, -0.2) is 0 Å². The molecular formula is C21H43NO2. The highest BCUT2D eigenvalue weighted by Crippen LogP contribution is 2.15. The second-order valence-corrected chi connectivity index (χ2v) is 7.08. The molecule has 1 N–H and O–H groups in total. The third-order valence-corrected chi connectivity index (χ3v) is 4.60. The molecule has 0 aromatic heterocycles. The molecule has 0 radical (unpaired) electrons. The van der Waals surface area contributed by atoms with Crippen LogP contribution >= 0.6 is 0 Å². The van der Waals surface area contributed by atoms with Crippen molar-refractivity contribution in [1.29, 1.82) is 0 Å². The van der Waals surface area contributed by atoms with Gasteiger partial charge in [0, 0.05) is 6.42 Å². The van der Waals surface area contributed by atoms with Gasteiger partial charge in [-0.15, -0.1) is 0 Å². The van der Waals surface area contributed by atoms with Crippen LogP contribution in [0.25, 0.3) is 0 Å². The highest BCUT2D eigenvalue weighted by molar-refractivity contribution is 5.69. The molecule has 3 heteroatoms. The van der Waals surface area contributed by atoms with E-state index in [1.165, 1.54) is 57.8 Å². The lowest BCUT2D eigenvalue weighted by Gasteiger charge is -2.17. The third kappa shape index (κ3) is 16.3. The Morgan fingerprint density at radius 2 is 1.42 bits per heavy atom. The molecule has 3 nitrogen and oxygen atoms in total. The second-order valence-electron chi connectivity index (χ2n) is 7.08. The summed E-state index contributed by atoms with van der Waals surface area (Å²) in [6.07, 6.45) is 17.6. The van der Waals surface area contributed by atoms with E-state index >= 15 is 0 Å². The zero-order valence-electron chi connectivity index (χ0n) is 16.7. The molecule has 0 aliphatic rings. The quantitative estimate of drug-likeness (QED) is 0.245. The van der Waals surface area contributed by atoms with Gasteiger partial charge in [0.1, 0.15) is 6.10 Å². The summed E-state index contributed by atoms with van der Waals surface area (Å²) in [6.45, 7) is 5.52. The lowest BCUT2D eigenvalue weighted by atomic mass is 10.0. The normalized spacial score (nSPS) is 12.3. The first-order valence-electron chi connectivity index (χ1n) is 10.6. The number of unbranched alkanes of at least 4 members (excludes halogenated alkanes) is 9. The molecule has 0 aromatic carbocycles. The fourth-order valence-electron chi connectivity index (χ4n) is 3.08. The maximum absolute atomic E-state index is 12.0. The number of hydrogen-bond donors (Lipinski definition) is 1. The van der Waals surface area contributed by atoms with Crippen molar-refractivity contribution in [2.75, 3.05) is 13.6 Å². The van der Waals surface area contributed by atoms with Crippen LogP contribution < -0.4 is 5.32 Å². The molecule has 0 rings (SSSR count). The van der Waals surface area contributed by atoms with E-state index in [0.717, 1.165) is 38.6 Å². The second kappa shape index (κ2) is 18.8. The minimum Gasteiger partial charge on any atom is -0.462 e. The molecule has 1 unspecified atom stereocenters. The van der Waals surface area contributed by atoms with Crippen LogP contribution in [0.2, 0.25) is 0 Å². The molecule has 0 aliphatic carbocycles. The number of nitrogens with one attached hydrogen (secondary N) is 1. The first kappa shape index (κ1) is 23.4. The Labute approximate surface area is 151 Å². The van der Waals surface area contributed by atoms with Crippen LogP contribution in [0.4, 0.5) is 0 Å². The van der Waals surface area contributed by atoms with Crippen molar-refractivity contribution < 1.29 is 9.53 Å². The van der Waals surface area contributed by atoms with Crippen molar-refractivity contribution in [1.82, 2.24) is 5.32 Å². The van der Waals surface area contributed by atoms with Gasteiger partial charge >= 0.3 is 5.97 Å². The van der Waals surface area contributed by atoms with E-state index in [9.17, 15) is 4.79 Å². The smallest absolute Gasteiger partial charge is 0.306 e. The SMILES string of the molecule is CCCCCCCCC(CCC)OC(=O)CCCCCCCNC. The van der Waals surface area contributed by atoms with E-state index in [2.05, 4.69) is 19.2 Å². The summed E-state index contributed by atoms with van der Waals surface area (Å²) in [6, 6.07) is 0. The van der Waals surface area contributed by atoms with Gasteiger partial charge in [-0.2, -0.15) is 0 Å². The Bertz CT molecular complexity index is 269. The molecule has 1 atom stereocenters. The molecule has 144 valence electrons. The predicted molar refractivity (Wildman–Crippen MR) is 104 cm³/mol. The topological polar surface area (TPSA) is 38.3 Å². The Balaban J connectivity index is 3.66. The molecule has 0 aliphatic heterocycles. The Hall–Kier alpha value is -0.570. The van der Waals surface area contributed by atoms with E-state index in [0.29, 0.717) is 6.42 Å². The molecule has 24 heavy (non-hydrogen) atoms. The van der Waals surface area contributed by atoms with Gasteiger partial charge in [0.25, 0.3) is 0 Å². The minimum absolute atomic E-state index is 0.0228. The monoisotopic (exact) mass is 341 g/mol. The van der Waals surface area contributed by atoms with Gasteiger partial charge < -0.3 is 10.1 Å². The molecule has 0 fully saturated rings. The van der Waals surface area contributed by atoms with E-state index in [1.54, 1.807) is 0 Å². The summed E-state index contributed by atoms with van der Waals surface area (Å²) in [5.41, 5.74) is 0. The lowest BCUT2D eigenvalue weighted by molar-refractivity contribution is -0.150. The average Bonchev–Trinajstić information content (AvgIpc) is 2.57. The van der Waals surface area contributed by atoms with Crippen molar-refractivity contribution >= 4 is 5.97 Å². The van der Waals surface area contributed by atoms with E-state index in [-0.39, 0.29) is 12.1 Å². The van der Waals surface area contributed by atoms with Crippen molar-refractivity contribution in [3.05, 3.63) is 0 Å². The van der Waals surface area contributed by atoms with Crippen LogP contribution in [0.1, 0.15) is 110 Å². The highest BCUT2D eigenvalue weighted by atomic mass is 16.5. The predicted octanol–water partition coefficient (Wildman–Crippen LogP) is 6.01. The molecule has 0 bridgehead atoms. The number of rotatable bonds is 18. The Morgan fingerprint density at radius 3 is 2.08 bits per heavy atom. The molecule has 0 amide bonds. The van der Waals surface area contributed by atoms with Gasteiger partial charge in [-0.3, -0.25) is 4.79 Å². The lowest BCUT2D eigenvalue weighted by Crippen LogP contribution is -2.18. The summed E-state index contributed by atoms with van der Waals surface area (Å²) in [5, 5.41) is 3.17. The van der Waals surface area contributed by atoms with Gasteiger partial charge in [-0.1, -0.05) is 71.6 Å². The molecule has 0 saturated heterocycles. The summed E-state index contributed by atoms with van der Waals surface area (Å²) in [7, 11) is 1.99. The molecular weight excluding hydrogens is 298 g/mol. The maximum atomic E-state index is 12.0. The minimum atomic E-state index is 0.0228. The van der Waals surface area contributed by atoms with Crippen LogP contribution in [0, 0.1) is 0 Å². The third-order valence-electron chi connectivity index (χ3n) is 4.60. The van der Waals surface area contributed by atoms with Crippen molar-refractivity contribution in [2.45, 2.75) is 116 Å². The van der Waals surface area contributed by atoms with Crippen molar-refractivity contribution in [3.63, 3.8) is 0 Å². The number of ether oxygens (including phenoxy) is 1. The molecule has 0 spiro atoms. The first-order chi connectivity index (χ1) is 11.7. The van der Waals surface area contributed by atoms with Crippen LogP contribution in [-0.2, 0) is 9.53 Å². The fraction of sp³-hybridized carbons (Fsp3) is 0.952. The molecule has 0 heterocycles. The summed E-state index contributed by atoms with van der Waals surface area (Å²) >= 11 is 0. The van der Waals surface area contributed by atoms with Gasteiger partial charge in [-0.05, 0) is 45.7 Å². The van der Waals surface area contributed by atoms with Crippen LogP contribution in [0.3, 0.4) is 0 Å². The number of hydrogen-bond acceptors (Lipinski definition) is 3. The van der Waals surface area contributed by atoms with E-state index in [4.69, 9.17) is 4.74 Å². The van der Waals surface area contributed by atoms with Crippen molar-refractivity contribution in [2.24, 2.45) is 0 Å². The van der Waals surface area contributed by atoms with Gasteiger partial charge in [0.2, 0.25) is 0 Å². The zero-order valence-corrected chi connectivity index (χ0v) is 16.7. The summed E-state index contributed by atoms with van der Waals surface area (Å²) in [4.78, 5) is 12.0. The largest absolute Gasteiger partial charge is 0.462 e. The van der Waals surface area contributed by atoms with Crippen LogP contribution in [-0.4, -0.2) is 25.7 Å². The average molecular weight is 342 g/mol. The molecule has 0 saturated carbocycles. The number of esters is 1. The summed E-state index contributed by atoms with van der Waals surface area (Å²) in [5.74, 6) is 0.0228. The van der Waals surface area contributed by atoms with Crippen LogP contribution in [0.5, 0.6) is 0 Å². The Morgan fingerprint density at radius 1 is 0.792 bits per heavy atom. The van der Waals surface area contributed by atoms with Crippen molar-refractivity contribution in [3.8, 4) is 0 Å². The number of carbonyl (C=O) groups is 1. The summed E-state index contributed by atoms with van der Waals surface area (Å²) < 4.78 is 5.71. The Kier molecular flexibility index (Phi) is 18.3. The van der Waals surface area contributed by atoms with E-state index in [1.807, 2.05) is 7.05 Å². The molecule has 0 aromatic rings. The van der Waals surface area contributed by atoms with Gasteiger partial charge in [0.05, 0.1) is 0 Å². The number of carbonyl (C=O) groups excluding carboxylic acids is 1. The van der Waals surface area contributed by atoms with Gasteiger partial charge in [0.15, 0.2) is 0 Å². The fourth-order valence-corrected chi connectivity index (χ4v) is 3.08. The highest BCUT2D eigenvalue weighted by Gasteiger charge is 2.13. The zero-order chi connectivity index (χ0) is 17.9.